The van der Waals surface area contributed by atoms with Crippen LogP contribution in [0, 0.1) is 0 Å². The molecule has 0 aliphatic heterocycles. The van der Waals surface area contributed by atoms with Crippen LogP contribution in [0.1, 0.15) is 25.3 Å². The predicted molar refractivity (Wildman–Crippen MR) is 82.9 cm³/mol. The highest BCUT2D eigenvalue weighted by atomic mass is 16.5. The van der Waals surface area contributed by atoms with Crippen LogP contribution in [0.3, 0.4) is 0 Å². The largest absolute Gasteiger partial charge is 0.631 e. The lowest BCUT2D eigenvalue weighted by Gasteiger charge is -2.03. The van der Waals surface area contributed by atoms with Gasteiger partial charge in [-0.05, 0) is 29.5 Å². The molecule has 0 aliphatic rings. The molecule has 0 radical (unpaired) electrons. The van der Waals surface area contributed by atoms with E-state index < -0.39 is 7.32 Å². The van der Waals surface area contributed by atoms with E-state index in [0.29, 0.717) is 0 Å². The molecule has 106 valence electrons. The van der Waals surface area contributed by atoms with Crippen LogP contribution in [0.2, 0.25) is 0 Å². The van der Waals surface area contributed by atoms with Crippen molar-refractivity contribution in [3.05, 3.63) is 60.2 Å². The average molecular weight is 272 g/mol. The molecule has 4 heteroatoms. The van der Waals surface area contributed by atoms with Gasteiger partial charge in [0.25, 0.3) is 0 Å². The molecule has 2 aromatic carbocycles. The van der Waals surface area contributed by atoms with Crippen molar-refractivity contribution in [3.63, 3.8) is 0 Å². The third-order valence-corrected chi connectivity index (χ3v) is 2.88. The summed E-state index contributed by atoms with van der Waals surface area (Å²) in [5.41, 5.74) is 4.05. The Morgan fingerprint density at radius 1 is 0.800 bits per heavy atom. The summed E-state index contributed by atoms with van der Waals surface area (Å²) < 4.78 is 0. The summed E-state index contributed by atoms with van der Waals surface area (Å²) in [4.78, 5) is 0. The van der Waals surface area contributed by atoms with E-state index in [4.69, 9.17) is 15.1 Å². The van der Waals surface area contributed by atoms with Crippen LogP contribution in [0.4, 0.5) is 0 Å². The molecule has 20 heavy (non-hydrogen) atoms. The first-order chi connectivity index (χ1) is 9.63. The van der Waals surface area contributed by atoms with Crippen LogP contribution >= 0.6 is 0 Å². The van der Waals surface area contributed by atoms with E-state index in [9.17, 15) is 0 Å². The first-order valence-corrected chi connectivity index (χ1v) is 6.82. The van der Waals surface area contributed by atoms with Gasteiger partial charge in [0, 0.05) is 0 Å². The van der Waals surface area contributed by atoms with E-state index in [1.165, 1.54) is 36.0 Å². The maximum absolute atomic E-state index is 7.17. The summed E-state index contributed by atoms with van der Waals surface area (Å²) >= 11 is 0. The molecule has 0 aromatic heterocycles. The topological polar surface area (TPSA) is 60.7 Å². The summed E-state index contributed by atoms with van der Waals surface area (Å²) in [5, 5.41) is 21.5. The van der Waals surface area contributed by atoms with Crippen LogP contribution in [-0.4, -0.2) is 22.4 Å². The third-order valence-electron chi connectivity index (χ3n) is 2.88. The maximum Gasteiger partial charge on any atom is 0.631 e. The van der Waals surface area contributed by atoms with Gasteiger partial charge in [0.1, 0.15) is 0 Å². The highest BCUT2D eigenvalue weighted by molar-refractivity contribution is 6.30. The molecule has 0 atom stereocenters. The summed E-state index contributed by atoms with van der Waals surface area (Å²) in [7, 11) is -2.17. The number of hydrogen-bond acceptors (Lipinski definition) is 3. The van der Waals surface area contributed by atoms with E-state index in [1.54, 1.807) is 0 Å². The molecule has 0 saturated heterocycles. The molecule has 0 fully saturated rings. The Balaban J connectivity index is 0.000000444. The smallest absolute Gasteiger partial charge is 0.402 e. The van der Waals surface area contributed by atoms with Crippen molar-refractivity contribution in [2.75, 3.05) is 0 Å². The quantitative estimate of drug-likeness (QED) is 0.750. The minimum Gasteiger partial charge on any atom is -0.402 e. The average Bonchev–Trinajstić information content (AvgIpc) is 2.46. The van der Waals surface area contributed by atoms with Gasteiger partial charge in [-0.25, -0.2) is 0 Å². The maximum atomic E-state index is 7.17. The van der Waals surface area contributed by atoms with Crippen LogP contribution in [0.15, 0.2) is 54.6 Å². The number of rotatable bonds is 4. The van der Waals surface area contributed by atoms with Crippen molar-refractivity contribution in [1.82, 2.24) is 0 Å². The molecule has 2 rings (SSSR count). The van der Waals surface area contributed by atoms with E-state index in [0.717, 1.165) is 0 Å². The predicted octanol–water partition coefficient (Wildman–Crippen LogP) is 2.64. The minimum atomic E-state index is -2.17. The van der Waals surface area contributed by atoms with Gasteiger partial charge < -0.3 is 15.1 Å². The second kappa shape index (κ2) is 9.31. The van der Waals surface area contributed by atoms with Crippen LogP contribution in [0.5, 0.6) is 0 Å². The number of unbranched alkanes of at least 4 members (excludes halogenated alkanes) is 1. The van der Waals surface area contributed by atoms with E-state index >= 15 is 0 Å². The molecule has 0 bridgehead atoms. The Labute approximate surface area is 120 Å². The van der Waals surface area contributed by atoms with Crippen molar-refractivity contribution in [2.45, 2.75) is 26.2 Å². The zero-order valence-electron chi connectivity index (χ0n) is 11.7. The molecule has 0 aliphatic carbocycles. The van der Waals surface area contributed by atoms with Crippen LogP contribution in [-0.2, 0) is 6.42 Å². The van der Waals surface area contributed by atoms with Crippen molar-refractivity contribution in [2.24, 2.45) is 0 Å². The van der Waals surface area contributed by atoms with Gasteiger partial charge in [-0.3, -0.25) is 0 Å². The monoisotopic (exact) mass is 272 g/mol. The van der Waals surface area contributed by atoms with Crippen LogP contribution < -0.4 is 0 Å². The molecule has 0 saturated carbocycles. The molecule has 3 N–H and O–H groups in total. The highest BCUT2D eigenvalue weighted by Crippen LogP contribution is 2.19. The van der Waals surface area contributed by atoms with Gasteiger partial charge >= 0.3 is 7.32 Å². The fourth-order valence-electron chi connectivity index (χ4n) is 1.88. The molecule has 0 heterocycles. The second-order valence-corrected chi connectivity index (χ2v) is 4.51. The normalized spacial score (nSPS) is 9.60. The third kappa shape index (κ3) is 6.52. The summed E-state index contributed by atoms with van der Waals surface area (Å²) in [6.07, 6.45) is 3.75. The zero-order chi connectivity index (χ0) is 14.8. The fraction of sp³-hybridized carbons (Fsp3) is 0.250. The first kappa shape index (κ1) is 16.4. The van der Waals surface area contributed by atoms with Crippen LogP contribution in [0.25, 0.3) is 11.1 Å². The minimum absolute atomic E-state index is 1.20. The Hall–Kier alpha value is -1.62. The van der Waals surface area contributed by atoms with E-state index in [1.807, 2.05) is 0 Å². The molecular weight excluding hydrogens is 251 g/mol. The van der Waals surface area contributed by atoms with Gasteiger partial charge in [0.05, 0.1) is 0 Å². The number of benzene rings is 2. The lowest BCUT2D eigenvalue weighted by atomic mass is 10.0. The molecule has 2 aromatic rings. The van der Waals surface area contributed by atoms with Gasteiger partial charge in [-0.1, -0.05) is 67.9 Å². The fourth-order valence-corrected chi connectivity index (χ4v) is 1.88. The molecule has 3 nitrogen and oxygen atoms in total. The summed E-state index contributed by atoms with van der Waals surface area (Å²) in [6, 6.07) is 19.5. The summed E-state index contributed by atoms with van der Waals surface area (Å²) in [5.74, 6) is 0. The lowest BCUT2D eigenvalue weighted by molar-refractivity contribution is 0.278. The Morgan fingerprint density at radius 2 is 1.30 bits per heavy atom. The molecule has 0 spiro atoms. The Kier molecular flexibility index (Phi) is 7.66. The van der Waals surface area contributed by atoms with Gasteiger partial charge in [-0.15, -0.1) is 0 Å². The highest BCUT2D eigenvalue weighted by Gasteiger charge is 1.96. The van der Waals surface area contributed by atoms with Gasteiger partial charge in [-0.2, -0.15) is 0 Å². The Morgan fingerprint density at radius 3 is 1.80 bits per heavy atom. The van der Waals surface area contributed by atoms with Gasteiger partial charge in [0.15, 0.2) is 0 Å². The number of aryl methyl sites for hydroxylation is 1. The lowest BCUT2D eigenvalue weighted by Crippen LogP contribution is -2.07. The van der Waals surface area contributed by atoms with Crippen molar-refractivity contribution in [1.29, 1.82) is 0 Å². The van der Waals surface area contributed by atoms with Gasteiger partial charge in [0.2, 0.25) is 0 Å². The SMILES string of the molecule is CCCCc1ccc(-c2ccccc2)cc1.OB(O)O. The second-order valence-electron chi connectivity index (χ2n) is 4.51. The molecule has 0 unspecified atom stereocenters. The molecule has 0 amide bonds. The van der Waals surface area contributed by atoms with E-state index in [-0.39, 0.29) is 0 Å². The van der Waals surface area contributed by atoms with Crippen molar-refractivity contribution >= 4 is 7.32 Å². The van der Waals surface area contributed by atoms with Crippen molar-refractivity contribution in [3.8, 4) is 11.1 Å². The number of hydrogen-bond donors (Lipinski definition) is 3. The Bertz CT molecular complexity index is 466. The summed E-state index contributed by atoms with van der Waals surface area (Å²) in [6.45, 7) is 2.23. The standard InChI is InChI=1S/C16H18.BH3O3/c1-2-3-7-14-10-12-16(13-11-14)15-8-5-4-6-9-15;2-1(3)4/h4-6,8-13H,2-3,7H2,1H3;2-4H. The van der Waals surface area contributed by atoms with E-state index in [2.05, 4.69) is 61.5 Å². The van der Waals surface area contributed by atoms with Crippen molar-refractivity contribution < 1.29 is 15.1 Å². The first-order valence-electron chi connectivity index (χ1n) is 6.82. The zero-order valence-corrected chi connectivity index (χ0v) is 11.7. The molecular formula is C16H21BO3.